The third kappa shape index (κ3) is 4.15. The van der Waals surface area contributed by atoms with Crippen LogP contribution >= 0.6 is 11.6 Å². The van der Waals surface area contributed by atoms with Gasteiger partial charge in [0.05, 0.1) is 4.90 Å². The fourth-order valence-electron chi connectivity index (χ4n) is 3.21. The predicted molar refractivity (Wildman–Crippen MR) is 108 cm³/mol. The lowest BCUT2D eigenvalue weighted by Crippen LogP contribution is -2.25. The maximum absolute atomic E-state index is 12.9. The van der Waals surface area contributed by atoms with E-state index in [1.807, 2.05) is 12.1 Å². The van der Waals surface area contributed by atoms with E-state index in [0.29, 0.717) is 30.1 Å². The van der Waals surface area contributed by atoms with Crippen molar-refractivity contribution >= 4 is 32.9 Å². The number of likely N-dealkylation sites (tertiary alicyclic amines) is 1. The number of amides is 1. The molecule has 1 fully saturated rings. The van der Waals surface area contributed by atoms with Gasteiger partial charge < -0.3 is 4.90 Å². The number of carbonyl (C=O) groups excluding carboxylic acids is 1. The van der Waals surface area contributed by atoms with E-state index in [4.69, 9.17) is 11.6 Å². The van der Waals surface area contributed by atoms with Gasteiger partial charge in [0.15, 0.2) is 9.84 Å². The molecule has 0 saturated carbocycles. The summed E-state index contributed by atoms with van der Waals surface area (Å²) in [7, 11) is -3.28. The van der Waals surface area contributed by atoms with Crippen LogP contribution in [-0.2, 0) is 14.6 Å². The number of nitrogens with zero attached hydrogens (tertiary/aromatic N) is 1. The van der Waals surface area contributed by atoms with Crippen LogP contribution < -0.4 is 0 Å². The van der Waals surface area contributed by atoms with Gasteiger partial charge >= 0.3 is 0 Å². The first-order valence-electron chi connectivity index (χ1n) is 8.51. The van der Waals surface area contributed by atoms with Crippen molar-refractivity contribution < 1.29 is 13.2 Å². The minimum atomic E-state index is -3.28. The van der Waals surface area contributed by atoms with E-state index >= 15 is 0 Å². The van der Waals surface area contributed by atoms with Crippen molar-refractivity contribution in [3.63, 3.8) is 0 Å². The number of rotatable bonds is 5. The fraction of sp³-hybridized carbons (Fsp3) is 0.190. The molecule has 2 aromatic rings. The number of sulfone groups is 1. The van der Waals surface area contributed by atoms with E-state index in [2.05, 4.69) is 6.58 Å². The van der Waals surface area contributed by atoms with Crippen molar-refractivity contribution in [1.29, 1.82) is 0 Å². The second-order valence-corrected chi connectivity index (χ2v) is 8.90. The van der Waals surface area contributed by atoms with Crippen LogP contribution in [0, 0.1) is 0 Å². The van der Waals surface area contributed by atoms with Crippen molar-refractivity contribution in [2.75, 3.05) is 19.3 Å². The molecule has 1 heterocycles. The molecule has 2 aromatic carbocycles. The maximum atomic E-state index is 12.9. The third-order valence-corrected chi connectivity index (χ3v) is 5.91. The van der Waals surface area contributed by atoms with Gasteiger partial charge in [0.1, 0.15) is 0 Å². The van der Waals surface area contributed by atoms with Gasteiger partial charge in [-0.2, -0.15) is 0 Å². The molecule has 0 aromatic heterocycles. The number of halogens is 1. The number of benzene rings is 2. The van der Waals surface area contributed by atoms with Crippen LogP contribution in [0.3, 0.4) is 0 Å². The molecule has 0 radical (unpaired) electrons. The molecular formula is C21H20ClNO3S. The topological polar surface area (TPSA) is 54.5 Å². The molecule has 0 N–H and O–H groups in total. The summed E-state index contributed by atoms with van der Waals surface area (Å²) in [5, 5.41) is 0.613. The molecule has 0 spiro atoms. The molecule has 6 heteroatoms. The first kappa shape index (κ1) is 19.4. The number of carbonyl (C=O) groups is 1. The Bertz CT molecular complexity index is 1010. The van der Waals surface area contributed by atoms with Gasteiger partial charge in [-0.1, -0.05) is 41.9 Å². The Kier molecular flexibility index (Phi) is 5.53. The van der Waals surface area contributed by atoms with Gasteiger partial charge in [-0.3, -0.25) is 4.79 Å². The highest BCUT2D eigenvalue weighted by Crippen LogP contribution is 2.33. The molecule has 0 atom stereocenters. The third-order valence-electron chi connectivity index (χ3n) is 4.53. The first-order valence-corrected chi connectivity index (χ1v) is 10.8. The van der Waals surface area contributed by atoms with Crippen LogP contribution in [0.2, 0.25) is 5.02 Å². The molecule has 0 aliphatic carbocycles. The average molecular weight is 402 g/mol. The summed E-state index contributed by atoms with van der Waals surface area (Å²) in [6, 6.07) is 13.9. The Labute approximate surface area is 164 Å². The van der Waals surface area contributed by atoms with E-state index in [9.17, 15) is 13.2 Å². The van der Waals surface area contributed by atoms with Crippen LogP contribution in [0.4, 0.5) is 0 Å². The van der Waals surface area contributed by atoms with Gasteiger partial charge in [-0.15, -0.1) is 6.58 Å². The summed E-state index contributed by atoms with van der Waals surface area (Å²) in [6.45, 7) is 4.85. The maximum Gasteiger partial charge on any atom is 0.250 e. The van der Waals surface area contributed by atoms with Crippen LogP contribution in [0.25, 0.3) is 5.57 Å². The molecule has 1 amide bonds. The average Bonchev–Trinajstić information content (AvgIpc) is 2.98. The number of hydrogen-bond acceptors (Lipinski definition) is 3. The van der Waals surface area contributed by atoms with Gasteiger partial charge in [0.25, 0.3) is 5.91 Å². The Morgan fingerprint density at radius 3 is 2.19 bits per heavy atom. The van der Waals surface area contributed by atoms with Crippen molar-refractivity contribution in [3.05, 3.63) is 82.9 Å². The highest BCUT2D eigenvalue weighted by Gasteiger charge is 2.29. The smallest absolute Gasteiger partial charge is 0.250 e. The van der Waals surface area contributed by atoms with E-state index < -0.39 is 9.84 Å². The normalized spacial score (nSPS) is 16.5. The van der Waals surface area contributed by atoms with Gasteiger partial charge in [0.2, 0.25) is 0 Å². The van der Waals surface area contributed by atoms with Crippen molar-refractivity contribution in [2.45, 2.75) is 11.3 Å². The van der Waals surface area contributed by atoms with E-state index in [1.165, 1.54) is 6.26 Å². The summed E-state index contributed by atoms with van der Waals surface area (Å²) < 4.78 is 23.5. The minimum Gasteiger partial charge on any atom is -0.335 e. The summed E-state index contributed by atoms with van der Waals surface area (Å²) in [4.78, 5) is 14.9. The van der Waals surface area contributed by atoms with E-state index in [-0.39, 0.29) is 10.8 Å². The molecule has 0 bridgehead atoms. The summed E-state index contributed by atoms with van der Waals surface area (Å²) in [5.74, 6) is -0.0213. The summed E-state index contributed by atoms with van der Waals surface area (Å²) >= 11 is 6.02. The van der Waals surface area contributed by atoms with Crippen LogP contribution in [0.1, 0.15) is 17.5 Å². The molecule has 1 saturated heterocycles. The minimum absolute atomic E-state index is 0.0213. The second kappa shape index (κ2) is 7.71. The largest absolute Gasteiger partial charge is 0.335 e. The lowest BCUT2D eigenvalue weighted by atomic mass is 9.92. The molecule has 140 valence electrons. The monoisotopic (exact) mass is 401 g/mol. The number of hydrogen-bond donors (Lipinski definition) is 0. The Morgan fingerprint density at radius 1 is 1.11 bits per heavy atom. The zero-order chi connectivity index (χ0) is 19.6. The molecule has 3 rings (SSSR count). The Balaban J connectivity index is 2.14. The molecule has 0 unspecified atom stereocenters. The van der Waals surface area contributed by atoms with Crippen LogP contribution in [0.15, 0.2) is 71.7 Å². The molecule has 27 heavy (non-hydrogen) atoms. The summed E-state index contributed by atoms with van der Waals surface area (Å²) in [6.07, 6.45) is 3.51. The summed E-state index contributed by atoms with van der Waals surface area (Å²) in [5.41, 5.74) is 3.19. The first-order chi connectivity index (χ1) is 12.8. The Morgan fingerprint density at radius 2 is 1.67 bits per heavy atom. The zero-order valence-electron chi connectivity index (χ0n) is 15.0. The van der Waals surface area contributed by atoms with Crippen molar-refractivity contribution in [2.24, 2.45) is 0 Å². The van der Waals surface area contributed by atoms with Gasteiger partial charge in [-0.05, 0) is 47.4 Å². The quantitative estimate of drug-likeness (QED) is 0.562. The molecular weight excluding hydrogens is 382 g/mol. The lowest BCUT2D eigenvalue weighted by molar-refractivity contribution is -0.124. The van der Waals surface area contributed by atoms with Gasteiger partial charge in [0, 0.05) is 29.9 Å². The Hall–Kier alpha value is -2.37. The predicted octanol–water partition coefficient (Wildman–Crippen LogP) is 3.96. The molecule has 4 nitrogen and oxygen atoms in total. The van der Waals surface area contributed by atoms with Crippen molar-refractivity contribution in [1.82, 2.24) is 4.90 Å². The van der Waals surface area contributed by atoms with E-state index in [1.54, 1.807) is 47.4 Å². The highest BCUT2D eigenvalue weighted by atomic mass is 35.5. The lowest BCUT2D eigenvalue weighted by Gasteiger charge is -2.15. The fourth-order valence-corrected chi connectivity index (χ4v) is 3.97. The highest BCUT2D eigenvalue weighted by molar-refractivity contribution is 7.90. The van der Waals surface area contributed by atoms with E-state index in [0.717, 1.165) is 16.7 Å². The second-order valence-electron chi connectivity index (χ2n) is 6.45. The zero-order valence-corrected chi connectivity index (χ0v) is 16.6. The standard InChI is InChI=1S/C21H20ClNO3S/c1-3-13-23-14-12-19(21(23)24)20(15-4-8-17(22)9-5-15)16-6-10-18(11-7-16)27(2,25)26/h3-11H,1,12-14H2,2H3. The SMILES string of the molecule is C=CCN1CCC(=C(c2ccc(Cl)cc2)c2ccc(S(C)(=O)=O)cc2)C1=O. The molecule has 1 aliphatic heterocycles. The van der Waals surface area contributed by atoms with Gasteiger partial charge in [-0.25, -0.2) is 8.42 Å². The molecule has 1 aliphatic rings. The van der Waals surface area contributed by atoms with Crippen molar-refractivity contribution in [3.8, 4) is 0 Å². The van der Waals surface area contributed by atoms with Crippen LogP contribution in [0.5, 0.6) is 0 Å². The van der Waals surface area contributed by atoms with Crippen LogP contribution in [-0.4, -0.2) is 38.6 Å².